The molecule has 0 bridgehead atoms. The van der Waals surface area contributed by atoms with Crippen molar-refractivity contribution in [3.63, 3.8) is 0 Å². The lowest BCUT2D eigenvalue weighted by molar-refractivity contribution is -0.148. The maximum absolute atomic E-state index is 11.8. The van der Waals surface area contributed by atoms with E-state index in [0.29, 0.717) is 12.8 Å². The van der Waals surface area contributed by atoms with E-state index >= 15 is 0 Å². The Morgan fingerprint density at radius 2 is 1.94 bits per heavy atom. The van der Waals surface area contributed by atoms with Crippen LogP contribution in [0.25, 0.3) is 0 Å². The summed E-state index contributed by atoms with van der Waals surface area (Å²) in [7, 11) is -3.06. The first kappa shape index (κ1) is 13.5. The molecule has 1 aliphatic heterocycles. The highest BCUT2D eigenvalue weighted by atomic mass is 32.2. The molecule has 5 heteroatoms. The smallest absolute Gasteiger partial charge is 0.309 e. The lowest BCUT2D eigenvalue weighted by Crippen LogP contribution is -2.37. The molecule has 0 spiro atoms. The number of rotatable bonds is 3. The van der Waals surface area contributed by atoms with E-state index in [1.54, 1.807) is 27.7 Å². The molecule has 1 N–H and O–H groups in total. The Balaban J connectivity index is 2.91. The molecule has 16 heavy (non-hydrogen) atoms. The second-order valence-electron chi connectivity index (χ2n) is 5.80. The van der Waals surface area contributed by atoms with Crippen molar-refractivity contribution in [2.75, 3.05) is 5.75 Å². The molecule has 0 aromatic carbocycles. The van der Waals surface area contributed by atoms with Gasteiger partial charge in [-0.3, -0.25) is 4.79 Å². The van der Waals surface area contributed by atoms with Crippen molar-refractivity contribution in [2.24, 2.45) is 11.3 Å². The Bertz CT molecular complexity index is 392. The highest BCUT2D eigenvalue weighted by Gasteiger charge is 2.49. The van der Waals surface area contributed by atoms with E-state index in [-0.39, 0.29) is 11.7 Å². The summed E-state index contributed by atoms with van der Waals surface area (Å²) < 4.78 is 22.8. The molecule has 0 saturated carbocycles. The van der Waals surface area contributed by atoms with Crippen molar-refractivity contribution in [2.45, 2.75) is 45.3 Å². The number of carbonyl (C=O) groups is 1. The molecule has 4 nitrogen and oxygen atoms in total. The van der Waals surface area contributed by atoms with Gasteiger partial charge in [-0.1, -0.05) is 0 Å². The zero-order valence-electron chi connectivity index (χ0n) is 10.3. The zero-order valence-corrected chi connectivity index (χ0v) is 11.1. The van der Waals surface area contributed by atoms with Crippen LogP contribution in [-0.4, -0.2) is 30.0 Å². The molecule has 94 valence electrons. The van der Waals surface area contributed by atoms with E-state index in [1.807, 2.05) is 0 Å². The first-order valence-corrected chi connectivity index (χ1v) is 7.11. The van der Waals surface area contributed by atoms with Crippen molar-refractivity contribution in [1.29, 1.82) is 0 Å². The van der Waals surface area contributed by atoms with Crippen LogP contribution in [0.1, 0.15) is 40.5 Å². The van der Waals surface area contributed by atoms with E-state index in [0.717, 1.165) is 0 Å². The number of carboxylic acids is 1. The van der Waals surface area contributed by atoms with E-state index in [4.69, 9.17) is 5.11 Å². The third-order valence-corrected chi connectivity index (χ3v) is 6.57. The van der Waals surface area contributed by atoms with E-state index in [9.17, 15) is 13.2 Å². The van der Waals surface area contributed by atoms with Crippen LogP contribution >= 0.6 is 0 Å². The molecule has 0 amide bonds. The average molecular weight is 248 g/mol. The Morgan fingerprint density at radius 1 is 1.44 bits per heavy atom. The van der Waals surface area contributed by atoms with Gasteiger partial charge in [0.1, 0.15) is 0 Å². The van der Waals surface area contributed by atoms with E-state index in [1.165, 1.54) is 0 Å². The quantitative estimate of drug-likeness (QED) is 0.825. The lowest BCUT2D eigenvalue weighted by atomic mass is 9.77. The molecule has 1 rings (SSSR count). The van der Waals surface area contributed by atoms with Crippen LogP contribution in [0.4, 0.5) is 0 Å². The van der Waals surface area contributed by atoms with Gasteiger partial charge in [-0.25, -0.2) is 8.42 Å². The van der Waals surface area contributed by atoms with Gasteiger partial charge in [0.25, 0.3) is 0 Å². The fraction of sp³-hybridized carbons (Fsp3) is 0.909. The molecule has 0 aromatic heterocycles. The monoisotopic (exact) mass is 248 g/mol. The number of hydrogen-bond donors (Lipinski definition) is 1. The predicted molar refractivity (Wildman–Crippen MR) is 62.0 cm³/mol. The predicted octanol–water partition coefficient (Wildman–Crippen LogP) is 1.70. The van der Waals surface area contributed by atoms with Crippen molar-refractivity contribution < 1.29 is 18.3 Å². The number of aliphatic carboxylic acids is 1. The summed E-state index contributed by atoms with van der Waals surface area (Å²) in [4.78, 5) is 11.0. The maximum Gasteiger partial charge on any atom is 0.309 e. The molecule has 0 aromatic rings. The van der Waals surface area contributed by atoms with Gasteiger partial charge in [0.2, 0.25) is 0 Å². The van der Waals surface area contributed by atoms with Gasteiger partial charge in [-0.05, 0) is 46.5 Å². The minimum atomic E-state index is -3.06. The number of carboxylic acid groups (broad SMARTS) is 1. The fourth-order valence-electron chi connectivity index (χ4n) is 2.21. The third-order valence-electron chi connectivity index (χ3n) is 3.86. The molecule has 1 heterocycles. The van der Waals surface area contributed by atoms with E-state index in [2.05, 4.69) is 0 Å². The van der Waals surface area contributed by atoms with Crippen molar-refractivity contribution in [3.05, 3.63) is 0 Å². The van der Waals surface area contributed by atoms with Crippen LogP contribution in [0.15, 0.2) is 0 Å². The average Bonchev–Trinajstić information content (AvgIpc) is 2.27. The third kappa shape index (κ3) is 2.10. The Kier molecular flexibility index (Phi) is 3.14. The second kappa shape index (κ2) is 3.72. The van der Waals surface area contributed by atoms with Crippen molar-refractivity contribution >= 4 is 15.8 Å². The summed E-state index contributed by atoms with van der Waals surface area (Å²) in [6, 6.07) is 0. The Labute approximate surface area is 97.0 Å². The molecule has 1 saturated heterocycles. The fourth-order valence-corrected chi connectivity index (χ4v) is 4.04. The summed E-state index contributed by atoms with van der Waals surface area (Å²) in [5.74, 6) is -0.753. The van der Waals surface area contributed by atoms with Gasteiger partial charge >= 0.3 is 5.97 Å². The van der Waals surface area contributed by atoms with Crippen molar-refractivity contribution in [3.8, 4) is 0 Å². The largest absolute Gasteiger partial charge is 0.481 e. The van der Waals surface area contributed by atoms with Gasteiger partial charge in [0, 0.05) is 0 Å². The normalized spacial score (nSPS) is 27.9. The van der Waals surface area contributed by atoms with Gasteiger partial charge in [-0.15, -0.1) is 0 Å². The van der Waals surface area contributed by atoms with Crippen LogP contribution in [0, 0.1) is 11.3 Å². The summed E-state index contributed by atoms with van der Waals surface area (Å²) in [6.07, 6.45) is 0.987. The summed E-state index contributed by atoms with van der Waals surface area (Å²) in [5, 5.41) is 9.05. The maximum atomic E-state index is 11.8. The molecule has 1 atom stereocenters. The minimum Gasteiger partial charge on any atom is -0.481 e. The highest BCUT2D eigenvalue weighted by Crippen LogP contribution is 2.43. The number of hydrogen-bond acceptors (Lipinski definition) is 3. The second-order valence-corrected chi connectivity index (χ2v) is 8.49. The molecule has 0 radical (unpaired) electrons. The van der Waals surface area contributed by atoms with E-state index < -0.39 is 26.0 Å². The van der Waals surface area contributed by atoms with Crippen LogP contribution in [0.3, 0.4) is 0 Å². The first-order valence-electron chi connectivity index (χ1n) is 5.46. The Hall–Kier alpha value is -0.580. The topological polar surface area (TPSA) is 71.4 Å². The lowest BCUT2D eigenvalue weighted by Gasteiger charge is -2.31. The van der Waals surface area contributed by atoms with Crippen LogP contribution in [-0.2, 0) is 14.6 Å². The number of sulfone groups is 1. The molecule has 1 aliphatic rings. The Morgan fingerprint density at radius 3 is 2.25 bits per heavy atom. The molecule has 1 unspecified atom stereocenters. The summed E-state index contributed by atoms with van der Waals surface area (Å²) >= 11 is 0. The molecular weight excluding hydrogens is 228 g/mol. The standard InChI is InChI=1S/C11H20O4S/c1-10(2,9(12)13)7-8-5-6-16(14,15)11(8,3)4/h8H,5-7H2,1-4H3,(H,12,13). The van der Waals surface area contributed by atoms with Crippen molar-refractivity contribution in [1.82, 2.24) is 0 Å². The summed E-state index contributed by atoms with van der Waals surface area (Å²) in [6.45, 7) is 6.71. The zero-order chi connectivity index (χ0) is 12.8. The van der Waals surface area contributed by atoms with Gasteiger partial charge in [0.05, 0.1) is 15.9 Å². The van der Waals surface area contributed by atoms with Crippen LogP contribution in [0.5, 0.6) is 0 Å². The SMILES string of the molecule is CC(C)(CC1CCS(=O)(=O)C1(C)C)C(=O)O. The van der Waals surface area contributed by atoms with Crippen LogP contribution < -0.4 is 0 Å². The van der Waals surface area contributed by atoms with Gasteiger partial charge in [-0.2, -0.15) is 0 Å². The molecule has 1 fully saturated rings. The first-order chi connectivity index (χ1) is 7.01. The molecular formula is C11H20O4S. The van der Waals surface area contributed by atoms with Crippen LogP contribution in [0.2, 0.25) is 0 Å². The molecule has 0 aliphatic carbocycles. The van der Waals surface area contributed by atoms with Gasteiger partial charge in [0.15, 0.2) is 9.84 Å². The van der Waals surface area contributed by atoms with Gasteiger partial charge < -0.3 is 5.11 Å². The highest BCUT2D eigenvalue weighted by molar-refractivity contribution is 7.93. The summed E-state index contributed by atoms with van der Waals surface area (Å²) in [5.41, 5.74) is -0.859. The minimum absolute atomic E-state index is 0.0661.